The zero-order valence-electron chi connectivity index (χ0n) is 15.0. The predicted molar refractivity (Wildman–Crippen MR) is 100 cm³/mol. The van der Waals surface area contributed by atoms with Crippen molar-refractivity contribution in [1.82, 2.24) is 14.9 Å². The number of hydrogen-bond donors (Lipinski definition) is 2. The second kappa shape index (κ2) is 7.95. The van der Waals surface area contributed by atoms with Gasteiger partial charge in [0.2, 0.25) is 5.91 Å². The van der Waals surface area contributed by atoms with Gasteiger partial charge in [-0.3, -0.25) is 9.59 Å². The molecule has 2 aromatic rings. The summed E-state index contributed by atoms with van der Waals surface area (Å²) in [5, 5.41) is 5.89. The van der Waals surface area contributed by atoms with E-state index in [2.05, 4.69) is 27.5 Å². The number of anilines is 3. The second-order valence-corrected chi connectivity index (χ2v) is 6.67. The number of benzene rings is 1. The average molecular weight is 353 g/mol. The molecule has 0 bridgehead atoms. The van der Waals surface area contributed by atoms with Crippen molar-refractivity contribution in [2.24, 2.45) is 5.92 Å². The number of nitrogens with one attached hydrogen (secondary N) is 2. The quantitative estimate of drug-likeness (QED) is 0.882. The topological polar surface area (TPSA) is 87.2 Å². The minimum Gasteiger partial charge on any atom is -0.340 e. The maximum atomic E-state index is 12.7. The van der Waals surface area contributed by atoms with Gasteiger partial charge >= 0.3 is 0 Å². The normalized spacial score (nSPS) is 16.8. The van der Waals surface area contributed by atoms with Crippen LogP contribution in [0, 0.1) is 5.92 Å². The maximum absolute atomic E-state index is 12.7. The SMILES string of the molecule is CC(=O)Nc1cccc(Nc2cc(C(=O)N3CCCC(C)C3)ncn2)c1. The molecule has 2 heterocycles. The molecule has 3 rings (SSSR count). The third kappa shape index (κ3) is 4.56. The molecule has 0 spiro atoms. The van der Waals surface area contributed by atoms with Crippen LogP contribution < -0.4 is 10.6 Å². The van der Waals surface area contributed by atoms with E-state index in [4.69, 9.17) is 0 Å². The smallest absolute Gasteiger partial charge is 0.272 e. The maximum Gasteiger partial charge on any atom is 0.272 e. The van der Waals surface area contributed by atoms with E-state index in [9.17, 15) is 9.59 Å². The van der Waals surface area contributed by atoms with Crippen LogP contribution in [0.2, 0.25) is 0 Å². The Bertz CT molecular complexity index is 808. The second-order valence-electron chi connectivity index (χ2n) is 6.67. The molecule has 0 aliphatic carbocycles. The number of likely N-dealkylation sites (tertiary alicyclic amines) is 1. The third-order valence-corrected chi connectivity index (χ3v) is 4.29. The highest BCUT2D eigenvalue weighted by Crippen LogP contribution is 2.21. The number of hydrogen-bond acceptors (Lipinski definition) is 5. The Morgan fingerprint density at radius 3 is 2.77 bits per heavy atom. The number of aromatic nitrogens is 2. The molecule has 1 saturated heterocycles. The lowest BCUT2D eigenvalue weighted by molar-refractivity contribution is -0.114. The highest BCUT2D eigenvalue weighted by molar-refractivity contribution is 5.93. The fourth-order valence-corrected chi connectivity index (χ4v) is 3.10. The van der Waals surface area contributed by atoms with Gasteiger partial charge in [-0.15, -0.1) is 0 Å². The third-order valence-electron chi connectivity index (χ3n) is 4.29. The van der Waals surface area contributed by atoms with Crippen molar-refractivity contribution in [2.75, 3.05) is 23.7 Å². The van der Waals surface area contributed by atoms with Gasteiger partial charge in [0.15, 0.2) is 0 Å². The minimum atomic E-state index is -0.132. The lowest BCUT2D eigenvalue weighted by Crippen LogP contribution is -2.39. The first kappa shape index (κ1) is 17.8. The van der Waals surface area contributed by atoms with Crippen LogP contribution in [0.3, 0.4) is 0 Å². The molecule has 1 aromatic heterocycles. The van der Waals surface area contributed by atoms with Gasteiger partial charge in [-0.25, -0.2) is 9.97 Å². The van der Waals surface area contributed by atoms with E-state index in [1.165, 1.54) is 13.3 Å². The summed E-state index contributed by atoms with van der Waals surface area (Å²) in [4.78, 5) is 34.1. The minimum absolute atomic E-state index is 0.0611. The number of carbonyl (C=O) groups is 2. The van der Waals surface area contributed by atoms with Crippen LogP contribution in [-0.2, 0) is 4.79 Å². The summed E-state index contributed by atoms with van der Waals surface area (Å²) in [5.74, 6) is 0.860. The van der Waals surface area contributed by atoms with Crippen molar-refractivity contribution in [3.05, 3.63) is 42.4 Å². The Balaban J connectivity index is 1.73. The fraction of sp³-hybridized carbons (Fsp3) is 0.368. The summed E-state index contributed by atoms with van der Waals surface area (Å²) in [6.45, 7) is 5.16. The largest absolute Gasteiger partial charge is 0.340 e. The van der Waals surface area contributed by atoms with E-state index in [0.29, 0.717) is 23.1 Å². The molecule has 0 radical (unpaired) electrons. The summed E-state index contributed by atoms with van der Waals surface area (Å²) in [7, 11) is 0. The van der Waals surface area contributed by atoms with Crippen molar-refractivity contribution in [3.8, 4) is 0 Å². The molecule has 1 atom stereocenters. The predicted octanol–water partition coefficient (Wildman–Crippen LogP) is 3.05. The fourth-order valence-electron chi connectivity index (χ4n) is 3.10. The molecule has 1 aliphatic heterocycles. The molecule has 7 heteroatoms. The van der Waals surface area contributed by atoms with Crippen LogP contribution in [0.15, 0.2) is 36.7 Å². The van der Waals surface area contributed by atoms with Crippen LogP contribution in [0.25, 0.3) is 0 Å². The van der Waals surface area contributed by atoms with Crippen LogP contribution in [0.4, 0.5) is 17.2 Å². The zero-order valence-corrected chi connectivity index (χ0v) is 15.0. The molecule has 2 amide bonds. The van der Waals surface area contributed by atoms with Crippen LogP contribution >= 0.6 is 0 Å². The van der Waals surface area contributed by atoms with Crippen molar-refractivity contribution >= 4 is 29.0 Å². The lowest BCUT2D eigenvalue weighted by Gasteiger charge is -2.30. The molecule has 2 N–H and O–H groups in total. The van der Waals surface area contributed by atoms with E-state index in [0.717, 1.165) is 31.6 Å². The van der Waals surface area contributed by atoms with Gasteiger partial charge in [-0.2, -0.15) is 0 Å². The van der Waals surface area contributed by atoms with Gasteiger partial charge in [0.25, 0.3) is 5.91 Å². The highest BCUT2D eigenvalue weighted by atomic mass is 16.2. The van der Waals surface area contributed by atoms with E-state index >= 15 is 0 Å². The number of carbonyl (C=O) groups excluding carboxylic acids is 2. The van der Waals surface area contributed by atoms with Gasteiger partial charge in [0.1, 0.15) is 17.8 Å². The molecule has 1 unspecified atom stereocenters. The molecule has 0 saturated carbocycles. The lowest BCUT2D eigenvalue weighted by atomic mass is 10.00. The Kier molecular flexibility index (Phi) is 5.46. The van der Waals surface area contributed by atoms with Gasteiger partial charge in [-0.1, -0.05) is 13.0 Å². The summed E-state index contributed by atoms with van der Waals surface area (Å²) in [6, 6.07) is 8.96. The molecule has 26 heavy (non-hydrogen) atoms. The first-order valence-electron chi connectivity index (χ1n) is 8.77. The molecular formula is C19H23N5O2. The van der Waals surface area contributed by atoms with E-state index in [1.54, 1.807) is 18.2 Å². The van der Waals surface area contributed by atoms with E-state index in [-0.39, 0.29) is 11.8 Å². The van der Waals surface area contributed by atoms with Crippen molar-refractivity contribution < 1.29 is 9.59 Å². The summed E-state index contributed by atoms with van der Waals surface area (Å²) in [5.41, 5.74) is 1.84. The Morgan fingerprint density at radius 1 is 1.19 bits per heavy atom. The summed E-state index contributed by atoms with van der Waals surface area (Å²) < 4.78 is 0. The molecule has 7 nitrogen and oxygen atoms in total. The van der Waals surface area contributed by atoms with Crippen molar-refractivity contribution in [2.45, 2.75) is 26.7 Å². The molecular weight excluding hydrogens is 330 g/mol. The van der Waals surface area contributed by atoms with Crippen LogP contribution in [0.1, 0.15) is 37.2 Å². The van der Waals surface area contributed by atoms with Gasteiger partial charge < -0.3 is 15.5 Å². The van der Waals surface area contributed by atoms with E-state index < -0.39 is 0 Å². The highest BCUT2D eigenvalue weighted by Gasteiger charge is 2.23. The molecule has 1 fully saturated rings. The number of rotatable bonds is 4. The first-order chi connectivity index (χ1) is 12.5. The van der Waals surface area contributed by atoms with Gasteiger partial charge in [-0.05, 0) is 37.0 Å². The Labute approximate surface area is 152 Å². The monoisotopic (exact) mass is 353 g/mol. The molecule has 136 valence electrons. The summed E-state index contributed by atoms with van der Waals surface area (Å²) in [6.07, 6.45) is 3.57. The number of piperidine rings is 1. The van der Waals surface area contributed by atoms with Crippen molar-refractivity contribution in [3.63, 3.8) is 0 Å². The number of nitrogens with zero attached hydrogens (tertiary/aromatic N) is 3. The molecule has 1 aromatic carbocycles. The number of amides is 2. The van der Waals surface area contributed by atoms with Crippen LogP contribution in [0.5, 0.6) is 0 Å². The van der Waals surface area contributed by atoms with Gasteiger partial charge in [0.05, 0.1) is 0 Å². The Morgan fingerprint density at radius 2 is 2.00 bits per heavy atom. The van der Waals surface area contributed by atoms with Crippen LogP contribution in [-0.4, -0.2) is 39.8 Å². The summed E-state index contributed by atoms with van der Waals surface area (Å²) >= 11 is 0. The Hall–Kier alpha value is -2.96. The average Bonchev–Trinajstić information content (AvgIpc) is 2.61. The van der Waals surface area contributed by atoms with Gasteiger partial charge in [0, 0.05) is 37.5 Å². The zero-order chi connectivity index (χ0) is 18.5. The standard InChI is InChI=1S/C19H23N5O2/c1-13-5-4-8-24(11-13)19(26)17-10-18(21-12-20-17)23-16-7-3-6-15(9-16)22-14(2)25/h3,6-7,9-10,12-13H,4-5,8,11H2,1-2H3,(H,22,25)(H,20,21,23). The first-order valence-corrected chi connectivity index (χ1v) is 8.77. The van der Waals surface area contributed by atoms with Crippen molar-refractivity contribution in [1.29, 1.82) is 0 Å². The molecule has 1 aliphatic rings. The van der Waals surface area contributed by atoms with E-state index in [1.807, 2.05) is 17.0 Å².